The van der Waals surface area contributed by atoms with E-state index in [1.54, 1.807) is 0 Å². The fourth-order valence-corrected chi connectivity index (χ4v) is 2.83. The van der Waals surface area contributed by atoms with Crippen LogP contribution in [0.25, 0.3) is 0 Å². The van der Waals surface area contributed by atoms with Crippen LogP contribution in [0.5, 0.6) is 0 Å². The zero-order valence-corrected chi connectivity index (χ0v) is 13.0. The summed E-state index contributed by atoms with van der Waals surface area (Å²) >= 11 is 0. The highest BCUT2D eigenvalue weighted by molar-refractivity contribution is 5.70. The molecule has 0 aromatic carbocycles. The smallest absolute Gasteiger partial charge is 0.307 e. The van der Waals surface area contributed by atoms with Crippen molar-refractivity contribution in [2.24, 2.45) is 5.92 Å². The van der Waals surface area contributed by atoms with Gasteiger partial charge in [-0.3, -0.25) is 4.79 Å². The molecule has 0 unspecified atom stereocenters. The third kappa shape index (κ3) is 5.49. The maximum Gasteiger partial charge on any atom is 0.307 e. The van der Waals surface area contributed by atoms with Gasteiger partial charge in [0.2, 0.25) is 0 Å². The van der Waals surface area contributed by atoms with Gasteiger partial charge in [0, 0.05) is 12.1 Å². The Balaban J connectivity index is 2.55. The first-order valence-corrected chi connectivity index (χ1v) is 7.55. The van der Waals surface area contributed by atoms with Crippen molar-refractivity contribution in [3.05, 3.63) is 0 Å². The molecule has 0 aromatic heterocycles. The Kier molecular flexibility index (Phi) is 6.80. The van der Waals surface area contributed by atoms with E-state index in [1.165, 1.54) is 7.11 Å². The molecular formula is C15H30N2O2. The normalized spacial score (nSPS) is 19.6. The SMILES string of the molecule is CCCNC1(CC(=O)OC)CCN(CC(C)C)CC1. The van der Waals surface area contributed by atoms with E-state index in [2.05, 4.69) is 31.0 Å². The van der Waals surface area contributed by atoms with Crippen LogP contribution in [0.1, 0.15) is 46.5 Å². The molecule has 0 atom stereocenters. The second-order valence-corrected chi connectivity index (χ2v) is 6.15. The monoisotopic (exact) mass is 270 g/mol. The molecule has 4 heteroatoms. The number of hydrogen-bond donors (Lipinski definition) is 1. The quantitative estimate of drug-likeness (QED) is 0.719. The van der Waals surface area contributed by atoms with E-state index in [-0.39, 0.29) is 11.5 Å². The molecule has 1 N–H and O–H groups in total. The Labute approximate surface area is 117 Å². The number of ether oxygens (including phenoxy) is 1. The Morgan fingerprint density at radius 3 is 2.47 bits per heavy atom. The molecule has 0 radical (unpaired) electrons. The lowest BCUT2D eigenvalue weighted by Crippen LogP contribution is -2.55. The highest BCUT2D eigenvalue weighted by Gasteiger charge is 2.36. The molecule has 1 saturated heterocycles. The Hall–Kier alpha value is -0.610. The van der Waals surface area contributed by atoms with Crippen LogP contribution in [-0.4, -0.2) is 49.7 Å². The first-order chi connectivity index (χ1) is 9.01. The molecule has 0 amide bonds. The summed E-state index contributed by atoms with van der Waals surface area (Å²) in [4.78, 5) is 14.1. The first-order valence-electron chi connectivity index (χ1n) is 7.55. The minimum atomic E-state index is -0.0964. The zero-order chi connectivity index (χ0) is 14.3. The van der Waals surface area contributed by atoms with Gasteiger partial charge in [0.1, 0.15) is 0 Å². The third-order valence-corrected chi connectivity index (χ3v) is 3.90. The average Bonchev–Trinajstić information content (AvgIpc) is 2.38. The van der Waals surface area contributed by atoms with Crippen molar-refractivity contribution in [1.29, 1.82) is 0 Å². The number of nitrogens with one attached hydrogen (secondary N) is 1. The van der Waals surface area contributed by atoms with Crippen LogP contribution in [-0.2, 0) is 9.53 Å². The number of piperidine rings is 1. The summed E-state index contributed by atoms with van der Waals surface area (Å²) in [5.74, 6) is 0.609. The molecule has 4 nitrogen and oxygen atoms in total. The topological polar surface area (TPSA) is 41.6 Å². The number of carbonyl (C=O) groups is 1. The molecule has 1 fully saturated rings. The summed E-state index contributed by atoms with van der Waals surface area (Å²) in [5.41, 5.74) is -0.0451. The van der Waals surface area contributed by atoms with Crippen LogP contribution in [0.3, 0.4) is 0 Å². The highest BCUT2D eigenvalue weighted by Crippen LogP contribution is 2.26. The number of rotatable bonds is 7. The maximum absolute atomic E-state index is 11.6. The van der Waals surface area contributed by atoms with E-state index in [0.29, 0.717) is 12.3 Å². The van der Waals surface area contributed by atoms with Crippen molar-refractivity contribution in [3.63, 3.8) is 0 Å². The van der Waals surface area contributed by atoms with E-state index < -0.39 is 0 Å². The molecule has 0 aromatic rings. The van der Waals surface area contributed by atoms with Crippen molar-refractivity contribution < 1.29 is 9.53 Å². The predicted octanol–water partition coefficient (Wildman–Crippen LogP) is 2.04. The molecular weight excluding hydrogens is 240 g/mol. The standard InChI is InChI=1S/C15H30N2O2/c1-5-8-16-15(11-14(18)19-4)6-9-17(10-7-15)12-13(2)3/h13,16H,5-12H2,1-4H3. The van der Waals surface area contributed by atoms with Gasteiger partial charge in [0.15, 0.2) is 0 Å². The van der Waals surface area contributed by atoms with Gasteiger partial charge in [-0.1, -0.05) is 20.8 Å². The number of carbonyl (C=O) groups excluding carboxylic acids is 1. The maximum atomic E-state index is 11.6. The summed E-state index contributed by atoms with van der Waals surface area (Å²) in [6.45, 7) is 10.9. The fourth-order valence-electron chi connectivity index (χ4n) is 2.83. The number of hydrogen-bond acceptors (Lipinski definition) is 4. The number of methoxy groups -OCH3 is 1. The zero-order valence-electron chi connectivity index (χ0n) is 13.0. The van der Waals surface area contributed by atoms with E-state index in [4.69, 9.17) is 4.74 Å². The lowest BCUT2D eigenvalue weighted by atomic mass is 9.84. The van der Waals surface area contributed by atoms with E-state index in [0.717, 1.165) is 45.4 Å². The summed E-state index contributed by atoms with van der Waals surface area (Å²) < 4.78 is 4.86. The van der Waals surface area contributed by atoms with Gasteiger partial charge in [-0.15, -0.1) is 0 Å². The fraction of sp³-hybridized carbons (Fsp3) is 0.933. The van der Waals surface area contributed by atoms with Gasteiger partial charge in [-0.2, -0.15) is 0 Å². The molecule has 112 valence electrons. The summed E-state index contributed by atoms with van der Waals surface area (Å²) in [5, 5.41) is 3.60. The molecule has 0 aliphatic carbocycles. The molecule has 1 aliphatic rings. The number of esters is 1. The van der Waals surface area contributed by atoms with Gasteiger partial charge in [0.25, 0.3) is 0 Å². The van der Waals surface area contributed by atoms with Crippen LogP contribution in [0.2, 0.25) is 0 Å². The summed E-state index contributed by atoms with van der Waals surface area (Å²) in [6, 6.07) is 0. The van der Waals surface area contributed by atoms with Crippen molar-refractivity contribution in [2.45, 2.75) is 52.0 Å². The average molecular weight is 270 g/mol. The van der Waals surface area contributed by atoms with Crippen LogP contribution in [0, 0.1) is 5.92 Å². The van der Waals surface area contributed by atoms with Crippen molar-refractivity contribution in [1.82, 2.24) is 10.2 Å². The Bertz CT molecular complexity index is 271. The lowest BCUT2D eigenvalue weighted by molar-refractivity contribution is -0.143. The van der Waals surface area contributed by atoms with Crippen LogP contribution < -0.4 is 5.32 Å². The van der Waals surface area contributed by atoms with Crippen LogP contribution >= 0.6 is 0 Å². The van der Waals surface area contributed by atoms with Gasteiger partial charge < -0.3 is 15.0 Å². The van der Waals surface area contributed by atoms with Gasteiger partial charge in [0.05, 0.1) is 13.5 Å². The summed E-state index contributed by atoms with van der Waals surface area (Å²) in [7, 11) is 1.48. The Morgan fingerprint density at radius 2 is 2.00 bits per heavy atom. The minimum absolute atomic E-state index is 0.0451. The summed E-state index contributed by atoms with van der Waals surface area (Å²) in [6.07, 6.45) is 3.67. The van der Waals surface area contributed by atoms with Crippen molar-refractivity contribution in [3.8, 4) is 0 Å². The van der Waals surface area contributed by atoms with Gasteiger partial charge in [-0.25, -0.2) is 0 Å². The molecule has 19 heavy (non-hydrogen) atoms. The molecule has 0 spiro atoms. The van der Waals surface area contributed by atoms with Gasteiger partial charge in [-0.05, 0) is 44.8 Å². The molecule has 1 aliphatic heterocycles. The third-order valence-electron chi connectivity index (χ3n) is 3.90. The van der Waals surface area contributed by atoms with E-state index >= 15 is 0 Å². The lowest BCUT2D eigenvalue weighted by Gasteiger charge is -2.42. The van der Waals surface area contributed by atoms with Crippen LogP contribution in [0.4, 0.5) is 0 Å². The Morgan fingerprint density at radius 1 is 1.37 bits per heavy atom. The largest absolute Gasteiger partial charge is 0.469 e. The number of likely N-dealkylation sites (tertiary alicyclic amines) is 1. The molecule has 1 heterocycles. The minimum Gasteiger partial charge on any atom is -0.469 e. The first kappa shape index (κ1) is 16.4. The predicted molar refractivity (Wildman–Crippen MR) is 78.2 cm³/mol. The van der Waals surface area contributed by atoms with E-state index in [1.807, 2.05) is 0 Å². The molecule has 0 saturated carbocycles. The van der Waals surface area contributed by atoms with E-state index in [9.17, 15) is 4.79 Å². The van der Waals surface area contributed by atoms with Crippen LogP contribution in [0.15, 0.2) is 0 Å². The highest BCUT2D eigenvalue weighted by atomic mass is 16.5. The second kappa shape index (κ2) is 7.85. The molecule has 1 rings (SSSR count). The van der Waals surface area contributed by atoms with Gasteiger partial charge >= 0.3 is 5.97 Å². The van der Waals surface area contributed by atoms with Crippen molar-refractivity contribution in [2.75, 3.05) is 33.3 Å². The van der Waals surface area contributed by atoms with Crippen molar-refractivity contribution >= 4 is 5.97 Å². The second-order valence-electron chi connectivity index (χ2n) is 6.15. The number of nitrogens with zero attached hydrogens (tertiary/aromatic N) is 1. The molecule has 0 bridgehead atoms.